The number of benzene rings is 2. The summed E-state index contributed by atoms with van der Waals surface area (Å²) in [6, 6.07) is 18.8. The van der Waals surface area contributed by atoms with E-state index in [1.54, 1.807) is 4.80 Å². The van der Waals surface area contributed by atoms with Crippen LogP contribution in [0.1, 0.15) is 41.8 Å². The summed E-state index contributed by atoms with van der Waals surface area (Å²) in [6.45, 7) is 17.9. The second kappa shape index (κ2) is 11.8. The van der Waals surface area contributed by atoms with Crippen LogP contribution in [0.2, 0.25) is 0 Å². The Bertz CT molecular complexity index is 2700. The van der Waals surface area contributed by atoms with Gasteiger partial charge < -0.3 is 0 Å². The molecule has 0 unspecified atom stereocenters. The van der Waals surface area contributed by atoms with Crippen LogP contribution in [0.25, 0.3) is 82.7 Å². The normalized spacial score (nSPS) is 12.1. The maximum absolute atomic E-state index is 5.00. The van der Waals surface area contributed by atoms with Gasteiger partial charge >= 0.3 is 0 Å². The molecule has 0 saturated heterocycles. The minimum Gasteiger partial charge on any atom is -0.187 e. The van der Waals surface area contributed by atoms with Gasteiger partial charge in [-0.1, -0.05) is 0 Å². The summed E-state index contributed by atoms with van der Waals surface area (Å²) in [7, 11) is 1.94. The van der Waals surface area contributed by atoms with Crippen molar-refractivity contribution in [2.75, 3.05) is 0 Å². The number of nitrogens with zero attached hydrogens (tertiary/aromatic N) is 3. The lowest BCUT2D eigenvalue weighted by Gasteiger charge is -2.13. The van der Waals surface area contributed by atoms with Gasteiger partial charge in [0.25, 0.3) is 0 Å². The first-order valence-electron chi connectivity index (χ1n) is 16.6. The average Bonchev–Trinajstić information content (AvgIpc) is 3.91. The van der Waals surface area contributed by atoms with E-state index < -0.39 is 0 Å². The standard InChI is InChI=1S/C41H35N3S6/c1-18-14-30(48-25(18)8)33-23(6)24(7)34(38-37(33)42-44(9)43-38)31-15-19(2)39(49-31)32-17-27-36(29-13-11-21(4)46-29)40-26(16-22(5)47-40)35(41(27)50-32)28-12-10-20(3)45-28/h10-17H,1-9H3. The second-order valence-corrected chi connectivity index (χ2v) is 20.6. The minimum atomic E-state index is 0.986. The lowest BCUT2D eigenvalue weighted by molar-refractivity contribution is 0.665. The molecule has 0 aliphatic carbocycles. The van der Waals surface area contributed by atoms with Crippen LogP contribution in [-0.2, 0) is 7.05 Å². The second-order valence-electron chi connectivity index (χ2n) is 13.4. The van der Waals surface area contributed by atoms with Crippen molar-refractivity contribution in [3.8, 4) is 51.5 Å². The summed E-state index contributed by atoms with van der Waals surface area (Å²) in [5, 5.41) is 12.7. The first-order valence-corrected chi connectivity index (χ1v) is 21.5. The highest BCUT2D eigenvalue weighted by Crippen LogP contribution is 2.54. The molecule has 0 aliphatic heterocycles. The van der Waals surface area contributed by atoms with Crippen LogP contribution >= 0.6 is 68.0 Å². The third-order valence-corrected chi connectivity index (χ3v) is 16.7. The first-order chi connectivity index (χ1) is 24.0. The Morgan fingerprint density at radius 2 is 1.00 bits per heavy atom. The topological polar surface area (TPSA) is 30.7 Å². The monoisotopic (exact) mass is 761 g/mol. The molecule has 2 aromatic carbocycles. The van der Waals surface area contributed by atoms with Crippen molar-refractivity contribution in [2.24, 2.45) is 7.05 Å². The molecular weight excluding hydrogens is 727 g/mol. The fourth-order valence-electron chi connectivity index (χ4n) is 7.25. The Labute approximate surface area is 316 Å². The molecule has 9 aromatic rings. The van der Waals surface area contributed by atoms with E-state index in [0.717, 1.165) is 11.0 Å². The van der Waals surface area contributed by atoms with Gasteiger partial charge in [-0.05, 0) is 126 Å². The van der Waals surface area contributed by atoms with E-state index in [1.165, 1.54) is 113 Å². The quantitative estimate of drug-likeness (QED) is 0.175. The van der Waals surface area contributed by atoms with Gasteiger partial charge in [0.1, 0.15) is 11.0 Å². The molecule has 9 rings (SSSR count). The fraction of sp³-hybridized carbons (Fsp3) is 0.220. The molecule has 250 valence electrons. The molecule has 0 fully saturated rings. The number of aryl methyl sites for hydroxylation is 7. The van der Waals surface area contributed by atoms with Gasteiger partial charge in [-0.3, -0.25) is 0 Å². The zero-order valence-electron chi connectivity index (χ0n) is 29.4. The largest absolute Gasteiger partial charge is 0.187 e. The van der Waals surface area contributed by atoms with Crippen molar-refractivity contribution in [3.63, 3.8) is 0 Å². The van der Waals surface area contributed by atoms with Crippen molar-refractivity contribution in [1.82, 2.24) is 15.0 Å². The summed E-state index contributed by atoms with van der Waals surface area (Å²) in [6.07, 6.45) is 0. The number of thiophene rings is 6. The first kappa shape index (κ1) is 32.5. The van der Waals surface area contributed by atoms with Crippen molar-refractivity contribution in [1.29, 1.82) is 0 Å². The van der Waals surface area contributed by atoms with E-state index in [-0.39, 0.29) is 0 Å². The smallest absolute Gasteiger partial charge is 0.122 e. The van der Waals surface area contributed by atoms with Crippen molar-refractivity contribution >= 4 is 99.2 Å². The van der Waals surface area contributed by atoms with Crippen LogP contribution in [0, 0.1) is 55.4 Å². The van der Waals surface area contributed by atoms with Gasteiger partial charge in [-0.2, -0.15) is 15.0 Å². The molecule has 0 N–H and O–H groups in total. The van der Waals surface area contributed by atoms with Gasteiger partial charge in [0.2, 0.25) is 0 Å². The van der Waals surface area contributed by atoms with Crippen LogP contribution in [0.15, 0.2) is 48.5 Å². The van der Waals surface area contributed by atoms with E-state index in [2.05, 4.69) is 104 Å². The highest BCUT2D eigenvalue weighted by atomic mass is 32.1. The average molecular weight is 762 g/mol. The Hall–Kier alpha value is -3.44. The SMILES string of the molecule is Cc1ccc(-c2c3cc(-c4sc(-c5c(C)c(C)c(-c6cc(C)c(C)s6)c6nn(C)nc56)cc4C)sc3c(-c3ccc(C)s3)c3cc(C)sc23)s1. The van der Waals surface area contributed by atoms with E-state index in [4.69, 9.17) is 10.2 Å². The Morgan fingerprint density at radius 3 is 1.54 bits per heavy atom. The third-order valence-electron chi connectivity index (χ3n) is 9.85. The van der Waals surface area contributed by atoms with Gasteiger partial charge in [0.05, 0.1) is 0 Å². The molecule has 7 aromatic heterocycles. The predicted octanol–water partition coefficient (Wildman–Crippen LogP) is 14.4. The Morgan fingerprint density at radius 1 is 0.460 bits per heavy atom. The van der Waals surface area contributed by atoms with Crippen molar-refractivity contribution in [3.05, 3.63) is 90.3 Å². The third kappa shape index (κ3) is 4.96. The Kier molecular flexibility index (Phi) is 7.66. The van der Waals surface area contributed by atoms with Gasteiger partial charge in [0, 0.05) is 98.2 Å². The molecule has 0 amide bonds. The number of fused-ring (bicyclic) bond motifs is 3. The molecule has 0 aliphatic rings. The van der Waals surface area contributed by atoms with E-state index in [1.807, 2.05) is 75.1 Å². The molecule has 3 nitrogen and oxygen atoms in total. The van der Waals surface area contributed by atoms with Crippen LogP contribution in [-0.4, -0.2) is 15.0 Å². The minimum absolute atomic E-state index is 0.986. The van der Waals surface area contributed by atoms with Gasteiger partial charge in [-0.15, -0.1) is 68.0 Å². The summed E-state index contributed by atoms with van der Waals surface area (Å²) in [4.78, 5) is 15.1. The summed E-state index contributed by atoms with van der Waals surface area (Å²) < 4.78 is 2.79. The van der Waals surface area contributed by atoms with Gasteiger partial charge in [-0.25, -0.2) is 0 Å². The highest BCUT2D eigenvalue weighted by molar-refractivity contribution is 7.28. The van der Waals surface area contributed by atoms with Crippen LogP contribution in [0.3, 0.4) is 0 Å². The van der Waals surface area contributed by atoms with Crippen LogP contribution < -0.4 is 0 Å². The molecule has 0 saturated carbocycles. The zero-order chi connectivity index (χ0) is 34.7. The van der Waals surface area contributed by atoms with Crippen LogP contribution in [0.5, 0.6) is 0 Å². The van der Waals surface area contributed by atoms with Crippen molar-refractivity contribution < 1.29 is 0 Å². The number of hydrogen-bond acceptors (Lipinski definition) is 8. The lowest BCUT2D eigenvalue weighted by Crippen LogP contribution is -1.93. The zero-order valence-corrected chi connectivity index (χ0v) is 34.3. The van der Waals surface area contributed by atoms with Crippen molar-refractivity contribution in [2.45, 2.75) is 55.4 Å². The van der Waals surface area contributed by atoms with E-state index in [0.29, 0.717) is 0 Å². The molecule has 0 radical (unpaired) electrons. The Balaban J connectivity index is 1.28. The molecule has 50 heavy (non-hydrogen) atoms. The number of rotatable bonds is 5. The summed E-state index contributed by atoms with van der Waals surface area (Å²) >= 11 is 11.5. The van der Waals surface area contributed by atoms with E-state index >= 15 is 0 Å². The lowest BCUT2D eigenvalue weighted by atomic mass is 9.93. The van der Waals surface area contributed by atoms with E-state index in [9.17, 15) is 0 Å². The van der Waals surface area contributed by atoms with Crippen LogP contribution in [0.4, 0.5) is 0 Å². The predicted molar refractivity (Wildman–Crippen MR) is 226 cm³/mol. The maximum atomic E-state index is 5.00. The molecule has 0 bridgehead atoms. The molecule has 9 heteroatoms. The highest BCUT2D eigenvalue weighted by Gasteiger charge is 2.26. The maximum Gasteiger partial charge on any atom is 0.122 e. The molecule has 0 spiro atoms. The fourth-order valence-corrected chi connectivity index (χ4v) is 14.2. The van der Waals surface area contributed by atoms with Gasteiger partial charge in [0.15, 0.2) is 0 Å². The summed E-state index contributed by atoms with van der Waals surface area (Å²) in [5.74, 6) is 0. The molecular formula is C41H35N3S6. The molecule has 0 atom stereocenters. The number of aromatic nitrogens is 3. The summed E-state index contributed by atoms with van der Waals surface area (Å²) in [5.41, 5.74) is 12.4. The molecule has 7 heterocycles. The number of hydrogen-bond donors (Lipinski definition) is 0.